The number of carbonyl (C=O) groups excluding carboxylic acids is 1. The molecule has 3 aromatic heterocycles. The summed E-state index contributed by atoms with van der Waals surface area (Å²) in [6.45, 7) is 2.77. The number of aryl methyl sites for hydroxylation is 1. The number of piperidine rings is 1. The molecule has 0 bridgehead atoms. The number of pyridine rings is 1. The molecule has 0 N–H and O–H groups in total. The molecule has 5 nitrogen and oxygen atoms in total. The summed E-state index contributed by atoms with van der Waals surface area (Å²) < 4.78 is 44.8. The van der Waals surface area contributed by atoms with Crippen molar-refractivity contribution in [3.05, 3.63) is 57.4 Å². The summed E-state index contributed by atoms with van der Waals surface area (Å²) in [5, 5.41) is 1.17. The summed E-state index contributed by atoms with van der Waals surface area (Å²) in [4.78, 5) is 23.8. The predicted molar refractivity (Wildman–Crippen MR) is 116 cm³/mol. The number of thiophene rings is 1. The number of alkyl halides is 3. The van der Waals surface area contributed by atoms with Gasteiger partial charge in [0.15, 0.2) is 11.5 Å². The van der Waals surface area contributed by atoms with Gasteiger partial charge in [0.1, 0.15) is 16.0 Å². The van der Waals surface area contributed by atoms with Gasteiger partial charge in [-0.05, 0) is 55.7 Å². The number of hydrogen-bond donors (Lipinski definition) is 0. The molecule has 1 amide bonds. The zero-order valence-corrected chi connectivity index (χ0v) is 18.4. The van der Waals surface area contributed by atoms with Gasteiger partial charge < -0.3 is 9.32 Å². The van der Waals surface area contributed by atoms with Crippen molar-refractivity contribution in [1.29, 1.82) is 0 Å². The zero-order chi connectivity index (χ0) is 22.6. The summed E-state index contributed by atoms with van der Waals surface area (Å²) in [6.07, 6.45) is -3.15. The van der Waals surface area contributed by atoms with Crippen LogP contribution in [0.2, 0.25) is 5.02 Å². The Morgan fingerprint density at radius 3 is 2.66 bits per heavy atom. The van der Waals surface area contributed by atoms with Gasteiger partial charge in [0.25, 0.3) is 5.91 Å². The van der Waals surface area contributed by atoms with Gasteiger partial charge in [0, 0.05) is 29.4 Å². The molecule has 5 rings (SSSR count). The van der Waals surface area contributed by atoms with Gasteiger partial charge >= 0.3 is 6.18 Å². The van der Waals surface area contributed by atoms with Gasteiger partial charge in [-0.15, -0.1) is 11.3 Å². The summed E-state index contributed by atoms with van der Waals surface area (Å²) in [5.41, 5.74) is 1.09. The highest BCUT2D eigenvalue weighted by Crippen LogP contribution is 2.36. The topological polar surface area (TPSA) is 59.2 Å². The van der Waals surface area contributed by atoms with Crippen molar-refractivity contribution in [2.45, 2.75) is 31.9 Å². The van der Waals surface area contributed by atoms with Crippen LogP contribution in [0, 0.1) is 6.92 Å². The number of nitrogens with zero attached hydrogens (tertiary/aromatic N) is 3. The molecule has 0 saturated carbocycles. The molecule has 0 aliphatic carbocycles. The highest BCUT2D eigenvalue weighted by molar-refractivity contribution is 7.20. The summed E-state index contributed by atoms with van der Waals surface area (Å²) in [5.74, 6) is 0.544. The molecule has 32 heavy (non-hydrogen) atoms. The van der Waals surface area contributed by atoms with Gasteiger partial charge in [0.05, 0.1) is 4.88 Å². The van der Waals surface area contributed by atoms with Gasteiger partial charge in [-0.25, -0.2) is 9.97 Å². The SMILES string of the molecule is Cc1c(C(=O)N2CCC(c3nc4cc(Cl)ccc4o3)CC2)sc2nc(C(F)(F)F)ccc12. The van der Waals surface area contributed by atoms with E-state index in [1.54, 1.807) is 30.0 Å². The van der Waals surface area contributed by atoms with Crippen molar-refractivity contribution >= 4 is 50.2 Å². The van der Waals surface area contributed by atoms with Crippen LogP contribution in [0.15, 0.2) is 34.7 Å². The van der Waals surface area contributed by atoms with Crippen LogP contribution >= 0.6 is 22.9 Å². The number of halogens is 4. The molecule has 1 aromatic carbocycles. The number of carbonyl (C=O) groups is 1. The van der Waals surface area contributed by atoms with Crippen molar-refractivity contribution in [3.8, 4) is 0 Å². The van der Waals surface area contributed by atoms with E-state index in [9.17, 15) is 18.0 Å². The minimum atomic E-state index is -4.52. The van der Waals surface area contributed by atoms with Crippen molar-refractivity contribution < 1.29 is 22.4 Å². The van der Waals surface area contributed by atoms with E-state index in [0.29, 0.717) is 63.8 Å². The number of fused-ring (bicyclic) bond motifs is 2. The average Bonchev–Trinajstić information content (AvgIpc) is 3.33. The van der Waals surface area contributed by atoms with Crippen LogP contribution in [0.3, 0.4) is 0 Å². The first-order valence-electron chi connectivity index (χ1n) is 10.0. The number of amides is 1. The quantitative estimate of drug-likeness (QED) is 0.332. The number of aromatic nitrogens is 2. The lowest BCUT2D eigenvalue weighted by atomic mass is 9.96. The Hall–Kier alpha value is -2.65. The largest absolute Gasteiger partial charge is 0.440 e. The fraction of sp³-hybridized carbons (Fsp3) is 0.318. The first-order valence-corrected chi connectivity index (χ1v) is 11.2. The molecular weight excluding hydrogens is 463 g/mol. The number of likely N-dealkylation sites (tertiary alicyclic amines) is 1. The van der Waals surface area contributed by atoms with Crippen molar-refractivity contribution in [3.63, 3.8) is 0 Å². The Bertz CT molecular complexity index is 1340. The van der Waals surface area contributed by atoms with E-state index in [-0.39, 0.29) is 16.7 Å². The molecule has 0 unspecified atom stereocenters. The van der Waals surface area contributed by atoms with Gasteiger partial charge in [-0.3, -0.25) is 4.79 Å². The molecule has 0 atom stereocenters. The van der Waals surface area contributed by atoms with Crippen LogP contribution in [0.25, 0.3) is 21.3 Å². The standard InChI is InChI=1S/C22H17ClF3N3O2S/c1-11-14-3-5-17(22(24,25)26)28-20(14)32-18(11)21(30)29-8-6-12(7-9-29)19-27-15-10-13(23)2-4-16(15)31-19/h2-5,10,12H,6-9H2,1H3. The lowest BCUT2D eigenvalue weighted by molar-refractivity contribution is -0.140. The fourth-order valence-corrected chi connectivity index (χ4v) is 5.34. The Morgan fingerprint density at radius 1 is 1.19 bits per heavy atom. The van der Waals surface area contributed by atoms with Crippen LogP contribution in [0.4, 0.5) is 13.2 Å². The molecule has 1 aliphatic heterocycles. The summed E-state index contributed by atoms with van der Waals surface area (Å²) >= 11 is 7.03. The predicted octanol–water partition coefficient (Wildman–Crippen LogP) is 6.44. The van der Waals surface area contributed by atoms with Crippen LogP contribution in [-0.2, 0) is 6.18 Å². The van der Waals surface area contributed by atoms with E-state index in [1.165, 1.54) is 6.07 Å². The number of hydrogen-bond acceptors (Lipinski definition) is 5. The van der Waals surface area contributed by atoms with Crippen LogP contribution in [0.5, 0.6) is 0 Å². The third-order valence-corrected chi connectivity index (χ3v) is 7.21. The lowest BCUT2D eigenvalue weighted by Crippen LogP contribution is -2.37. The summed E-state index contributed by atoms with van der Waals surface area (Å²) in [7, 11) is 0. The normalized spacial score (nSPS) is 15.7. The van der Waals surface area contributed by atoms with Crippen LogP contribution < -0.4 is 0 Å². The molecule has 1 fully saturated rings. The maximum Gasteiger partial charge on any atom is 0.433 e. The molecule has 1 saturated heterocycles. The van der Waals surface area contributed by atoms with Gasteiger partial charge in [0.2, 0.25) is 0 Å². The van der Waals surface area contributed by atoms with Gasteiger partial charge in [-0.2, -0.15) is 13.2 Å². The molecule has 166 valence electrons. The Kier molecular flexibility index (Phi) is 5.13. The second-order valence-electron chi connectivity index (χ2n) is 7.83. The Labute approximate surface area is 189 Å². The smallest absolute Gasteiger partial charge is 0.433 e. The molecule has 4 heterocycles. The molecule has 1 aliphatic rings. The zero-order valence-electron chi connectivity index (χ0n) is 16.9. The monoisotopic (exact) mass is 479 g/mol. The molecular formula is C22H17ClF3N3O2S. The van der Waals surface area contributed by atoms with Crippen molar-refractivity contribution in [2.75, 3.05) is 13.1 Å². The third kappa shape index (κ3) is 3.73. The van der Waals surface area contributed by atoms with E-state index in [4.69, 9.17) is 16.0 Å². The average molecular weight is 480 g/mol. The second kappa shape index (κ2) is 7.74. The molecule has 0 spiro atoms. The van der Waals surface area contributed by atoms with E-state index in [2.05, 4.69) is 9.97 Å². The number of rotatable bonds is 2. The van der Waals surface area contributed by atoms with Crippen molar-refractivity contribution in [2.24, 2.45) is 0 Å². The maximum atomic E-state index is 13.1. The lowest BCUT2D eigenvalue weighted by Gasteiger charge is -2.30. The maximum absolute atomic E-state index is 13.1. The second-order valence-corrected chi connectivity index (χ2v) is 9.27. The highest BCUT2D eigenvalue weighted by atomic mass is 35.5. The Balaban J connectivity index is 1.33. The fourth-order valence-electron chi connectivity index (χ4n) is 4.03. The minimum Gasteiger partial charge on any atom is -0.440 e. The minimum absolute atomic E-state index is 0.0877. The number of benzene rings is 1. The van der Waals surface area contributed by atoms with Crippen molar-refractivity contribution in [1.82, 2.24) is 14.9 Å². The first-order chi connectivity index (χ1) is 15.2. The van der Waals surface area contributed by atoms with Crippen LogP contribution in [0.1, 0.15) is 45.6 Å². The summed E-state index contributed by atoms with van der Waals surface area (Å²) in [6, 6.07) is 7.63. The Morgan fingerprint density at radius 2 is 1.94 bits per heavy atom. The molecule has 4 aromatic rings. The van der Waals surface area contributed by atoms with E-state index in [0.717, 1.165) is 17.4 Å². The number of oxazole rings is 1. The van der Waals surface area contributed by atoms with E-state index in [1.807, 2.05) is 0 Å². The van der Waals surface area contributed by atoms with Gasteiger partial charge in [-0.1, -0.05) is 11.6 Å². The van der Waals surface area contributed by atoms with E-state index < -0.39 is 11.9 Å². The van der Waals surface area contributed by atoms with E-state index >= 15 is 0 Å². The van der Waals surface area contributed by atoms with Crippen LogP contribution in [-0.4, -0.2) is 33.9 Å². The molecule has 0 radical (unpaired) electrons. The first kappa shape index (κ1) is 21.2. The highest BCUT2D eigenvalue weighted by Gasteiger charge is 2.34. The third-order valence-electron chi connectivity index (χ3n) is 5.79. The molecule has 10 heteroatoms.